The van der Waals surface area contributed by atoms with Crippen molar-refractivity contribution in [1.29, 1.82) is 0 Å². The van der Waals surface area contributed by atoms with Crippen molar-refractivity contribution in [3.8, 4) is 11.4 Å². The summed E-state index contributed by atoms with van der Waals surface area (Å²) in [4.78, 5) is 13.0. The maximum absolute atomic E-state index is 14.4. The van der Waals surface area contributed by atoms with E-state index in [1.54, 1.807) is 13.8 Å². The summed E-state index contributed by atoms with van der Waals surface area (Å²) in [7, 11) is 0. The first-order valence-electron chi connectivity index (χ1n) is 9.16. The number of rotatable bonds is 5. The van der Waals surface area contributed by atoms with Crippen LogP contribution in [0.25, 0.3) is 5.69 Å². The molecule has 0 spiro atoms. The molecule has 0 radical (unpaired) electrons. The van der Waals surface area contributed by atoms with Crippen LogP contribution >= 0.6 is 0 Å². The molecule has 1 fully saturated rings. The van der Waals surface area contributed by atoms with Crippen molar-refractivity contribution < 1.29 is 31.4 Å². The molecule has 0 saturated carbocycles. The van der Waals surface area contributed by atoms with Crippen molar-refractivity contribution in [2.24, 2.45) is 0 Å². The van der Waals surface area contributed by atoms with E-state index in [1.807, 2.05) is 0 Å². The highest BCUT2D eigenvalue weighted by Gasteiger charge is 2.54. The number of hydrogen-bond acceptors (Lipinski definition) is 4. The van der Waals surface area contributed by atoms with Gasteiger partial charge in [0.2, 0.25) is 0 Å². The Labute approximate surface area is 172 Å². The molecule has 1 aromatic heterocycles. The Morgan fingerprint density at radius 1 is 1.16 bits per heavy atom. The molecule has 1 aliphatic heterocycles. The third-order valence-corrected chi connectivity index (χ3v) is 5.20. The van der Waals surface area contributed by atoms with Gasteiger partial charge in [-0.15, -0.1) is 13.2 Å². The average molecular weight is 441 g/mol. The van der Waals surface area contributed by atoms with Crippen LogP contribution in [0.3, 0.4) is 0 Å². The minimum absolute atomic E-state index is 0.120. The van der Waals surface area contributed by atoms with E-state index >= 15 is 0 Å². The highest BCUT2D eigenvalue weighted by Crippen LogP contribution is 2.48. The second kappa shape index (κ2) is 7.19. The molecule has 2 aromatic carbocycles. The van der Waals surface area contributed by atoms with E-state index in [0.29, 0.717) is 0 Å². The van der Waals surface area contributed by atoms with Gasteiger partial charge in [-0.3, -0.25) is 4.57 Å². The monoisotopic (exact) mass is 441 g/mol. The first kappa shape index (κ1) is 21.0. The summed E-state index contributed by atoms with van der Waals surface area (Å²) >= 11 is 0. The summed E-state index contributed by atoms with van der Waals surface area (Å²) in [5, 5.41) is 4.17. The van der Waals surface area contributed by atoms with Crippen molar-refractivity contribution in [2.75, 3.05) is 6.61 Å². The summed E-state index contributed by atoms with van der Waals surface area (Å²) in [6.07, 6.45) is -4.83. The summed E-state index contributed by atoms with van der Waals surface area (Å²) in [6, 6.07) is 7.08. The van der Waals surface area contributed by atoms with Gasteiger partial charge >= 0.3 is 12.1 Å². The third kappa shape index (κ3) is 3.80. The number of ether oxygens (including phenoxy) is 2. The lowest BCUT2D eigenvalue weighted by Gasteiger charge is -2.22. The first-order chi connectivity index (χ1) is 14.5. The van der Waals surface area contributed by atoms with Crippen molar-refractivity contribution >= 4 is 0 Å². The minimum Gasteiger partial charge on any atom is -0.406 e. The molecule has 0 unspecified atom stereocenters. The standard InChI is InChI=1S/C20H16F5N3O3/c1-11(19(10-30-19)16-8-3-13(21)9-17(16)22)27-12(2)26-28(18(27)29)14-4-6-15(7-5-14)31-20(23,24)25/h3-9,11H,10H2,1-2H3/t11-,19-/m1/s1. The Hall–Kier alpha value is -3.21. The second-order valence-electron chi connectivity index (χ2n) is 7.13. The summed E-state index contributed by atoms with van der Waals surface area (Å²) in [5.74, 6) is -1.68. The van der Waals surface area contributed by atoms with Gasteiger partial charge in [0, 0.05) is 11.6 Å². The lowest BCUT2D eigenvalue weighted by molar-refractivity contribution is -0.274. The maximum Gasteiger partial charge on any atom is 0.573 e. The molecule has 31 heavy (non-hydrogen) atoms. The zero-order valence-electron chi connectivity index (χ0n) is 16.3. The normalized spacial score (nSPS) is 19.3. The zero-order chi connectivity index (χ0) is 22.6. The number of aryl methyl sites for hydroxylation is 1. The zero-order valence-corrected chi connectivity index (χ0v) is 16.3. The van der Waals surface area contributed by atoms with Gasteiger partial charge in [0.1, 0.15) is 28.8 Å². The minimum atomic E-state index is -4.83. The number of nitrogens with zero attached hydrogens (tertiary/aromatic N) is 3. The molecule has 1 saturated heterocycles. The fraction of sp³-hybridized carbons (Fsp3) is 0.300. The molecule has 4 rings (SSSR count). The quantitative estimate of drug-likeness (QED) is 0.444. The van der Waals surface area contributed by atoms with Crippen molar-refractivity contribution in [3.63, 3.8) is 0 Å². The number of halogens is 5. The van der Waals surface area contributed by atoms with Crippen molar-refractivity contribution in [3.05, 3.63) is 76.0 Å². The number of epoxide rings is 1. The largest absolute Gasteiger partial charge is 0.573 e. The van der Waals surface area contributed by atoms with Crippen LogP contribution in [0, 0.1) is 18.6 Å². The molecule has 0 amide bonds. The highest BCUT2D eigenvalue weighted by molar-refractivity contribution is 5.37. The van der Waals surface area contributed by atoms with Gasteiger partial charge in [0.15, 0.2) is 0 Å². The summed E-state index contributed by atoms with van der Waals surface area (Å²) in [5.41, 5.74) is -1.42. The van der Waals surface area contributed by atoms with Gasteiger partial charge in [-0.1, -0.05) is 6.07 Å². The van der Waals surface area contributed by atoms with Gasteiger partial charge in [0.05, 0.1) is 18.3 Å². The SMILES string of the molecule is Cc1nn(-c2ccc(OC(F)(F)F)cc2)c(=O)n1[C@H](C)[C@@]1(c2ccc(F)cc2F)CO1. The van der Waals surface area contributed by atoms with E-state index in [9.17, 15) is 26.7 Å². The highest BCUT2D eigenvalue weighted by atomic mass is 19.4. The Kier molecular flexibility index (Phi) is 4.88. The van der Waals surface area contributed by atoms with Crippen molar-refractivity contribution in [1.82, 2.24) is 14.3 Å². The average Bonchev–Trinajstić information content (AvgIpc) is 3.41. The fourth-order valence-electron chi connectivity index (χ4n) is 3.62. The van der Waals surface area contributed by atoms with Crippen LogP contribution in [0.1, 0.15) is 24.4 Å². The molecule has 2 atom stereocenters. The van der Waals surface area contributed by atoms with Gasteiger partial charge in [-0.05, 0) is 44.2 Å². The smallest absolute Gasteiger partial charge is 0.406 e. The van der Waals surface area contributed by atoms with Gasteiger partial charge in [0.25, 0.3) is 0 Å². The molecule has 0 aliphatic carbocycles. The first-order valence-corrected chi connectivity index (χ1v) is 9.16. The van der Waals surface area contributed by atoms with E-state index in [0.717, 1.165) is 28.9 Å². The Bertz CT molecular complexity index is 1180. The summed E-state index contributed by atoms with van der Waals surface area (Å²) in [6.45, 7) is 3.33. The maximum atomic E-state index is 14.4. The van der Waals surface area contributed by atoms with Gasteiger partial charge < -0.3 is 9.47 Å². The van der Waals surface area contributed by atoms with Crippen LogP contribution in [-0.4, -0.2) is 27.3 Å². The molecule has 0 bridgehead atoms. The second-order valence-corrected chi connectivity index (χ2v) is 7.13. The molecule has 11 heteroatoms. The van der Waals surface area contributed by atoms with Crippen LogP contribution in [0.2, 0.25) is 0 Å². The number of benzene rings is 2. The predicted octanol–water partition coefficient (Wildman–Crippen LogP) is 4.01. The molecular formula is C20H16F5N3O3. The lowest BCUT2D eigenvalue weighted by atomic mass is 9.92. The van der Waals surface area contributed by atoms with E-state index in [1.165, 1.54) is 22.8 Å². The molecule has 0 N–H and O–H groups in total. The lowest BCUT2D eigenvalue weighted by Crippen LogP contribution is -2.33. The number of hydrogen-bond donors (Lipinski definition) is 0. The Morgan fingerprint density at radius 2 is 1.81 bits per heavy atom. The molecule has 164 valence electrons. The topological polar surface area (TPSA) is 61.6 Å². The van der Waals surface area contributed by atoms with Crippen LogP contribution in [0.4, 0.5) is 22.0 Å². The van der Waals surface area contributed by atoms with Crippen LogP contribution in [0.5, 0.6) is 5.75 Å². The molecule has 6 nitrogen and oxygen atoms in total. The third-order valence-electron chi connectivity index (χ3n) is 5.20. The van der Waals surface area contributed by atoms with E-state index in [4.69, 9.17) is 4.74 Å². The Balaban J connectivity index is 1.68. The van der Waals surface area contributed by atoms with Gasteiger partial charge in [-0.2, -0.15) is 9.78 Å². The van der Waals surface area contributed by atoms with E-state index in [-0.39, 0.29) is 23.7 Å². The molecular weight excluding hydrogens is 425 g/mol. The predicted molar refractivity (Wildman–Crippen MR) is 97.9 cm³/mol. The molecule has 2 heterocycles. The van der Waals surface area contributed by atoms with Crippen LogP contribution < -0.4 is 10.4 Å². The molecule has 1 aliphatic rings. The molecule has 3 aromatic rings. The van der Waals surface area contributed by atoms with Crippen molar-refractivity contribution in [2.45, 2.75) is 31.9 Å². The van der Waals surface area contributed by atoms with E-state index < -0.39 is 41.1 Å². The van der Waals surface area contributed by atoms with E-state index in [2.05, 4.69) is 9.84 Å². The number of alkyl halides is 3. The fourth-order valence-corrected chi connectivity index (χ4v) is 3.62. The number of aromatic nitrogens is 3. The van der Waals surface area contributed by atoms with Gasteiger partial charge in [-0.25, -0.2) is 13.6 Å². The van der Waals surface area contributed by atoms with Crippen LogP contribution in [0.15, 0.2) is 47.3 Å². The van der Waals surface area contributed by atoms with Crippen LogP contribution in [-0.2, 0) is 10.3 Å². The Morgan fingerprint density at radius 3 is 2.35 bits per heavy atom. The summed E-state index contributed by atoms with van der Waals surface area (Å²) < 4.78 is 76.3.